The van der Waals surface area contributed by atoms with E-state index in [0.29, 0.717) is 6.04 Å². The van der Waals surface area contributed by atoms with E-state index in [2.05, 4.69) is 5.32 Å². The Morgan fingerprint density at radius 2 is 1.87 bits per heavy atom. The molecular formula is C11H18F3N. The lowest BCUT2D eigenvalue weighted by Crippen LogP contribution is -2.45. The zero-order valence-corrected chi connectivity index (χ0v) is 8.82. The molecule has 2 fully saturated rings. The predicted molar refractivity (Wildman–Crippen MR) is 52.6 cm³/mol. The van der Waals surface area contributed by atoms with Gasteiger partial charge in [0.2, 0.25) is 0 Å². The molecule has 0 aromatic heterocycles. The van der Waals surface area contributed by atoms with E-state index in [4.69, 9.17) is 0 Å². The molecule has 4 heteroatoms. The van der Waals surface area contributed by atoms with Gasteiger partial charge in [-0.15, -0.1) is 0 Å². The van der Waals surface area contributed by atoms with Crippen molar-refractivity contribution in [2.24, 2.45) is 5.92 Å². The fourth-order valence-electron chi connectivity index (χ4n) is 2.97. The molecule has 1 aliphatic carbocycles. The van der Waals surface area contributed by atoms with Gasteiger partial charge < -0.3 is 5.32 Å². The van der Waals surface area contributed by atoms with Crippen LogP contribution in [0.5, 0.6) is 0 Å². The van der Waals surface area contributed by atoms with Gasteiger partial charge in [-0.3, -0.25) is 0 Å². The Bertz CT molecular complexity index is 214. The van der Waals surface area contributed by atoms with Gasteiger partial charge in [0, 0.05) is 18.5 Å². The minimum atomic E-state index is -3.99. The molecule has 1 nitrogen and oxygen atoms in total. The average molecular weight is 221 g/mol. The van der Waals surface area contributed by atoms with Crippen LogP contribution in [-0.4, -0.2) is 18.3 Å². The Morgan fingerprint density at radius 3 is 2.60 bits per heavy atom. The number of piperidine rings is 1. The first-order valence-electron chi connectivity index (χ1n) is 5.87. The van der Waals surface area contributed by atoms with Gasteiger partial charge in [0.15, 0.2) is 0 Å². The summed E-state index contributed by atoms with van der Waals surface area (Å²) >= 11 is 0. The maximum atomic E-state index is 12.1. The lowest BCUT2D eigenvalue weighted by atomic mass is 9.88. The minimum Gasteiger partial charge on any atom is -0.311 e. The SMILES string of the molecule is FC(F)(F)CCC1CCC2CCCC2N1. The van der Waals surface area contributed by atoms with E-state index in [0.717, 1.165) is 25.2 Å². The maximum Gasteiger partial charge on any atom is 0.389 e. The summed E-state index contributed by atoms with van der Waals surface area (Å²) in [6.07, 6.45) is 1.35. The van der Waals surface area contributed by atoms with Crippen molar-refractivity contribution in [2.45, 2.75) is 63.2 Å². The molecule has 3 unspecified atom stereocenters. The number of rotatable bonds is 2. The molecule has 88 valence electrons. The van der Waals surface area contributed by atoms with E-state index in [1.807, 2.05) is 0 Å². The van der Waals surface area contributed by atoms with E-state index >= 15 is 0 Å². The third-order valence-electron chi connectivity index (χ3n) is 3.77. The summed E-state index contributed by atoms with van der Waals surface area (Å²) in [5, 5.41) is 3.39. The van der Waals surface area contributed by atoms with Gasteiger partial charge >= 0.3 is 6.18 Å². The number of halogens is 3. The lowest BCUT2D eigenvalue weighted by Gasteiger charge is -2.33. The number of alkyl halides is 3. The Kier molecular flexibility index (Phi) is 3.24. The molecule has 0 radical (unpaired) electrons. The van der Waals surface area contributed by atoms with Crippen LogP contribution >= 0.6 is 0 Å². The number of hydrogen-bond donors (Lipinski definition) is 1. The van der Waals surface area contributed by atoms with Crippen molar-refractivity contribution >= 4 is 0 Å². The Balaban J connectivity index is 1.75. The van der Waals surface area contributed by atoms with Crippen molar-refractivity contribution in [3.63, 3.8) is 0 Å². The highest BCUT2D eigenvalue weighted by Gasteiger charge is 2.35. The van der Waals surface area contributed by atoms with Gasteiger partial charge in [-0.2, -0.15) is 13.2 Å². The molecule has 1 heterocycles. The van der Waals surface area contributed by atoms with Gasteiger partial charge in [0.05, 0.1) is 0 Å². The summed E-state index contributed by atoms with van der Waals surface area (Å²) in [7, 11) is 0. The van der Waals surface area contributed by atoms with Crippen molar-refractivity contribution in [2.75, 3.05) is 0 Å². The standard InChI is InChI=1S/C11H18F3N/c12-11(13,14)7-6-9-5-4-8-2-1-3-10(8)15-9/h8-10,15H,1-7H2. The molecule has 0 aromatic carbocycles. The molecule has 3 atom stereocenters. The van der Waals surface area contributed by atoms with E-state index in [9.17, 15) is 13.2 Å². The van der Waals surface area contributed by atoms with E-state index in [1.165, 1.54) is 12.8 Å². The van der Waals surface area contributed by atoms with Crippen LogP contribution in [0.25, 0.3) is 0 Å². The average Bonchev–Trinajstić information content (AvgIpc) is 2.60. The third-order valence-corrected chi connectivity index (χ3v) is 3.77. The first-order chi connectivity index (χ1) is 7.04. The van der Waals surface area contributed by atoms with Crippen LogP contribution in [0, 0.1) is 5.92 Å². The van der Waals surface area contributed by atoms with Crippen LogP contribution in [0.3, 0.4) is 0 Å². The predicted octanol–water partition coefficient (Wildman–Crippen LogP) is 3.25. The van der Waals surface area contributed by atoms with Gasteiger partial charge in [0.1, 0.15) is 0 Å². The van der Waals surface area contributed by atoms with Crippen molar-refractivity contribution in [1.82, 2.24) is 5.32 Å². The quantitative estimate of drug-likeness (QED) is 0.754. The molecule has 0 bridgehead atoms. The summed E-state index contributed by atoms with van der Waals surface area (Å²) in [6, 6.07) is 0.614. The first kappa shape index (κ1) is 11.2. The highest BCUT2D eigenvalue weighted by Crippen LogP contribution is 2.35. The second-order valence-electron chi connectivity index (χ2n) is 4.89. The largest absolute Gasteiger partial charge is 0.389 e. The van der Waals surface area contributed by atoms with Gasteiger partial charge in [-0.1, -0.05) is 6.42 Å². The number of hydrogen-bond acceptors (Lipinski definition) is 1. The van der Waals surface area contributed by atoms with Crippen LogP contribution < -0.4 is 5.32 Å². The maximum absolute atomic E-state index is 12.1. The second-order valence-corrected chi connectivity index (χ2v) is 4.89. The van der Waals surface area contributed by atoms with Crippen LogP contribution in [0.15, 0.2) is 0 Å². The lowest BCUT2D eigenvalue weighted by molar-refractivity contribution is -0.137. The molecule has 1 saturated heterocycles. The van der Waals surface area contributed by atoms with E-state index in [-0.39, 0.29) is 12.5 Å². The first-order valence-corrected chi connectivity index (χ1v) is 5.87. The van der Waals surface area contributed by atoms with E-state index < -0.39 is 12.6 Å². The summed E-state index contributed by atoms with van der Waals surface area (Å²) in [5.41, 5.74) is 0. The molecule has 2 rings (SSSR count). The molecule has 15 heavy (non-hydrogen) atoms. The Hall–Kier alpha value is -0.250. The number of fused-ring (bicyclic) bond motifs is 1. The smallest absolute Gasteiger partial charge is 0.311 e. The Labute approximate surface area is 88.4 Å². The minimum absolute atomic E-state index is 0.103. The molecule has 1 aliphatic heterocycles. The molecule has 0 amide bonds. The van der Waals surface area contributed by atoms with Crippen LogP contribution in [0.4, 0.5) is 13.2 Å². The van der Waals surface area contributed by atoms with Gasteiger partial charge in [0.25, 0.3) is 0 Å². The third kappa shape index (κ3) is 3.10. The zero-order chi connectivity index (χ0) is 10.9. The Morgan fingerprint density at radius 1 is 1.07 bits per heavy atom. The van der Waals surface area contributed by atoms with Crippen molar-refractivity contribution < 1.29 is 13.2 Å². The van der Waals surface area contributed by atoms with Crippen LogP contribution in [0.1, 0.15) is 44.9 Å². The van der Waals surface area contributed by atoms with Crippen molar-refractivity contribution in [3.8, 4) is 0 Å². The van der Waals surface area contributed by atoms with E-state index in [1.54, 1.807) is 0 Å². The fourth-order valence-corrected chi connectivity index (χ4v) is 2.97. The molecule has 2 aliphatic rings. The van der Waals surface area contributed by atoms with Crippen molar-refractivity contribution in [3.05, 3.63) is 0 Å². The summed E-state index contributed by atoms with van der Waals surface area (Å²) in [4.78, 5) is 0. The summed E-state index contributed by atoms with van der Waals surface area (Å²) in [6.45, 7) is 0. The van der Waals surface area contributed by atoms with Gasteiger partial charge in [-0.05, 0) is 38.0 Å². The normalized spacial score (nSPS) is 36.6. The van der Waals surface area contributed by atoms with Crippen LogP contribution in [-0.2, 0) is 0 Å². The summed E-state index contributed by atoms with van der Waals surface area (Å²) in [5.74, 6) is 0.743. The van der Waals surface area contributed by atoms with Gasteiger partial charge in [-0.25, -0.2) is 0 Å². The second kappa shape index (κ2) is 4.32. The molecule has 1 saturated carbocycles. The van der Waals surface area contributed by atoms with Crippen LogP contribution in [0.2, 0.25) is 0 Å². The fraction of sp³-hybridized carbons (Fsp3) is 1.00. The molecular weight excluding hydrogens is 203 g/mol. The monoisotopic (exact) mass is 221 g/mol. The topological polar surface area (TPSA) is 12.0 Å². The molecule has 0 spiro atoms. The molecule has 0 aromatic rings. The molecule has 1 N–H and O–H groups in total. The number of nitrogens with one attached hydrogen (secondary N) is 1. The summed E-state index contributed by atoms with van der Waals surface area (Å²) < 4.78 is 36.2. The highest BCUT2D eigenvalue weighted by molar-refractivity contribution is 4.90. The highest BCUT2D eigenvalue weighted by atomic mass is 19.4. The van der Waals surface area contributed by atoms with Crippen molar-refractivity contribution in [1.29, 1.82) is 0 Å². The zero-order valence-electron chi connectivity index (χ0n) is 8.82.